The van der Waals surface area contributed by atoms with Crippen LogP contribution in [-0.2, 0) is 0 Å². The van der Waals surface area contributed by atoms with Crippen LogP contribution in [0.25, 0.3) is 11.3 Å². The van der Waals surface area contributed by atoms with E-state index in [9.17, 15) is 9.18 Å². The Hall–Kier alpha value is -2.41. The summed E-state index contributed by atoms with van der Waals surface area (Å²) in [6.07, 6.45) is -0.145. The summed E-state index contributed by atoms with van der Waals surface area (Å²) in [5.74, 6) is -0.561. The van der Waals surface area contributed by atoms with E-state index in [1.165, 1.54) is 31.6 Å². The van der Waals surface area contributed by atoms with E-state index >= 15 is 0 Å². The number of carboxylic acid groups (broad SMARTS) is 1. The molecule has 0 atom stereocenters. The van der Waals surface area contributed by atoms with Gasteiger partial charge in [-0.1, -0.05) is 11.6 Å². The molecule has 0 fully saturated rings. The zero-order valence-electron chi connectivity index (χ0n) is 10.2. The molecule has 0 aliphatic heterocycles. The van der Waals surface area contributed by atoms with Gasteiger partial charge in [-0.3, -0.25) is 5.32 Å². The molecule has 1 heterocycles. The maximum atomic E-state index is 14.2. The normalized spacial score (nSPS) is 10.2. The molecule has 0 saturated carbocycles. The average molecular weight is 298 g/mol. The third kappa shape index (κ3) is 2.77. The van der Waals surface area contributed by atoms with Gasteiger partial charge in [-0.25, -0.2) is 19.2 Å². The van der Waals surface area contributed by atoms with E-state index in [-0.39, 0.29) is 27.8 Å². The number of carbonyl (C=O) groups is 1. The third-order valence-corrected chi connectivity index (χ3v) is 2.74. The molecule has 6 nitrogen and oxygen atoms in total. The number of hydrogen-bond donors (Lipinski definition) is 2. The molecule has 1 amide bonds. The number of halogens is 2. The molecule has 20 heavy (non-hydrogen) atoms. The summed E-state index contributed by atoms with van der Waals surface area (Å²) in [5, 5.41) is 10.7. The van der Waals surface area contributed by atoms with Gasteiger partial charge < -0.3 is 9.84 Å². The van der Waals surface area contributed by atoms with Crippen molar-refractivity contribution in [3.05, 3.63) is 35.4 Å². The highest BCUT2D eigenvalue weighted by Crippen LogP contribution is 2.34. The monoisotopic (exact) mass is 297 g/mol. The Morgan fingerprint density at radius 2 is 2.20 bits per heavy atom. The van der Waals surface area contributed by atoms with Crippen LogP contribution in [0.4, 0.5) is 14.9 Å². The van der Waals surface area contributed by atoms with Crippen LogP contribution in [0.2, 0.25) is 5.02 Å². The zero-order valence-corrected chi connectivity index (χ0v) is 11.0. The summed E-state index contributed by atoms with van der Waals surface area (Å²) >= 11 is 5.72. The van der Waals surface area contributed by atoms with Gasteiger partial charge in [-0.05, 0) is 12.1 Å². The first-order valence-corrected chi connectivity index (χ1v) is 5.75. The molecule has 1 aromatic carbocycles. The molecular formula is C12H9ClFN3O3. The molecule has 0 spiro atoms. The van der Waals surface area contributed by atoms with Gasteiger partial charge in [0, 0.05) is 6.07 Å². The Labute approximate surface area is 118 Å². The Morgan fingerprint density at radius 3 is 2.85 bits per heavy atom. The lowest BCUT2D eigenvalue weighted by Crippen LogP contribution is -2.09. The van der Waals surface area contributed by atoms with Gasteiger partial charge in [0.2, 0.25) is 5.88 Å². The van der Waals surface area contributed by atoms with Gasteiger partial charge in [0.15, 0.2) is 5.82 Å². The highest BCUT2D eigenvalue weighted by Gasteiger charge is 2.17. The van der Waals surface area contributed by atoms with Crippen molar-refractivity contribution in [3.8, 4) is 17.1 Å². The van der Waals surface area contributed by atoms with Crippen LogP contribution in [0, 0.1) is 5.82 Å². The number of nitrogens with one attached hydrogen (secondary N) is 1. The second kappa shape index (κ2) is 5.70. The van der Waals surface area contributed by atoms with Crippen LogP contribution in [-0.4, -0.2) is 28.3 Å². The Bertz CT molecular complexity index is 666. The Morgan fingerprint density at radius 1 is 1.45 bits per heavy atom. The number of benzene rings is 1. The molecule has 8 heteroatoms. The van der Waals surface area contributed by atoms with Crippen LogP contribution in [0.1, 0.15) is 0 Å². The van der Waals surface area contributed by atoms with Gasteiger partial charge in [-0.15, -0.1) is 0 Å². The van der Waals surface area contributed by atoms with E-state index in [2.05, 4.69) is 15.3 Å². The summed E-state index contributed by atoms with van der Waals surface area (Å²) in [6.45, 7) is 0. The van der Waals surface area contributed by atoms with E-state index in [0.29, 0.717) is 0 Å². The van der Waals surface area contributed by atoms with Crippen molar-refractivity contribution < 1.29 is 19.0 Å². The fraction of sp³-hybridized carbons (Fsp3) is 0.0833. The van der Waals surface area contributed by atoms with Crippen molar-refractivity contribution in [3.63, 3.8) is 0 Å². The second-order valence-electron chi connectivity index (χ2n) is 3.66. The highest BCUT2D eigenvalue weighted by molar-refractivity contribution is 6.31. The predicted molar refractivity (Wildman–Crippen MR) is 70.6 cm³/mol. The van der Waals surface area contributed by atoms with Crippen molar-refractivity contribution in [2.24, 2.45) is 0 Å². The van der Waals surface area contributed by atoms with Crippen molar-refractivity contribution in [2.75, 3.05) is 12.4 Å². The van der Waals surface area contributed by atoms with Gasteiger partial charge in [0.1, 0.15) is 6.33 Å². The average Bonchev–Trinajstić information content (AvgIpc) is 2.43. The van der Waals surface area contributed by atoms with Gasteiger partial charge >= 0.3 is 6.09 Å². The lowest BCUT2D eigenvalue weighted by Gasteiger charge is -2.11. The molecule has 2 aromatic rings. The van der Waals surface area contributed by atoms with Crippen molar-refractivity contribution in [2.45, 2.75) is 0 Å². The highest BCUT2D eigenvalue weighted by atomic mass is 35.5. The first kappa shape index (κ1) is 14.0. The van der Waals surface area contributed by atoms with Gasteiger partial charge in [-0.2, -0.15) is 0 Å². The van der Waals surface area contributed by atoms with Gasteiger partial charge in [0.25, 0.3) is 0 Å². The molecule has 0 bridgehead atoms. The molecule has 1 aromatic heterocycles. The SMILES string of the molecule is COc1cc(-c2c(NC(=O)O)ccc(Cl)c2F)ncn1. The fourth-order valence-corrected chi connectivity index (χ4v) is 1.77. The Kier molecular flexibility index (Phi) is 3.99. The first-order valence-electron chi connectivity index (χ1n) is 5.37. The molecular weight excluding hydrogens is 289 g/mol. The molecule has 0 aliphatic carbocycles. The minimum absolute atomic E-state index is 0.0279. The molecule has 0 unspecified atom stereocenters. The maximum Gasteiger partial charge on any atom is 0.409 e. The summed E-state index contributed by atoms with van der Waals surface area (Å²) in [4.78, 5) is 18.5. The number of ether oxygens (including phenoxy) is 1. The van der Waals surface area contributed by atoms with Crippen LogP contribution < -0.4 is 10.1 Å². The fourth-order valence-electron chi connectivity index (χ4n) is 1.61. The minimum Gasteiger partial charge on any atom is -0.481 e. The van der Waals surface area contributed by atoms with Crippen LogP contribution in [0.15, 0.2) is 24.5 Å². The summed E-state index contributed by atoms with van der Waals surface area (Å²) < 4.78 is 19.1. The van der Waals surface area contributed by atoms with E-state index in [4.69, 9.17) is 21.4 Å². The molecule has 0 aliphatic rings. The standard InChI is InChI=1S/C12H9ClFN3O3/c1-20-9-4-8(15-5-16-9)10-7(17-12(18)19)3-2-6(13)11(10)14/h2-5,17H,1H3,(H,18,19). The summed E-state index contributed by atoms with van der Waals surface area (Å²) in [6, 6.07) is 3.98. The van der Waals surface area contributed by atoms with Crippen molar-refractivity contribution in [1.82, 2.24) is 9.97 Å². The minimum atomic E-state index is -1.33. The topological polar surface area (TPSA) is 84.3 Å². The Balaban J connectivity index is 2.63. The van der Waals surface area contributed by atoms with Crippen LogP contribution >= 0.6 is 11.6 Å². The smallest absolute Gasteiger partial charge is 0.409 e. The number of aromatic nitrogens is 2. The number of rotatable bonds is 3. The molecule has 0 radical (unpaired) electrons. The quantitative estimate of drug-likeness (QED) is 0.909. The van der Waals surface area contributed by atoms with Gasteiger partial charge in [0.05, 0.1) is 29.1 Å². The van der Waals surface area contributed by atoms with Crippen molar-refractivity contribution >= 4 is 23.4 Å². The molecule has 0 saturated heterocycles. The lowest BCUT2D eigenvalue weighted by molar-refractivity contribution is 0.210. The maximum absolute atomic E-state index is 14.2. The van der Waals surface area contributed by atoms with E-state index in [1.807, 2.05) is 0 Å². The number of anilines is 1. The van der Waals surface area contributed by atoms with Crippen LogP contribution in [0.3, 0.4) is 0 Å². The van der Waals surface area contributed by atoms with Crippen LogP contribution in [0.5, 0.6) is 5.88 Å². The number of hydrogen-bond acceptors (Lipinski definition) is 4. The summed E-state index contributed by atoms with van der Waals surface area (Å²) in [5.41, 5.74) is 0.112. The van der Waals surface area contributed by atoms with E-state index in [0.717, 1.165) is 0 Å². The first-order chi connectivity index (χ1) is 9.52. The second-order valence-corrected chi connectivity index (χ2v) is 4.07. The number of nitrogens with zero attached hydrogens (tertiary/aromatic N) is 2. The third-order valence-electron chi connectivity index (χ3n) is 2.44. The molecule has 2 rings (SSSR count). The predicted octanol–water partition coefficient (Wildman–Crippen LogP) is 3.03. The van der Waals surface area contributed by atoms with E-state index in [1.54, 1.807) is 0 Å². The zero-order chi connectivity index (χ0) is 14.7. The molecule has 104 valence electrons. The largest absolute Gasteiger partial charge is 0.481 e. The lowest BCUT2D eigenvalue weighted by atomic mass is 10.1. The number of amides is 1. The van der Waals surface area contributed by atoms with E-state index < -0.39 is 11.9 Å². The summed E-state index contributed by atoms with van der Waals surface area (Å²) in [7, 11) is 1.40. The number of methoxy groups -OCH3 is 1. The van der Waals surface area contributed by atoms with Crippen molar-refractivity contribution in [1.29, 1.82) is 0 Å². The molecule has 2 N–H and O–H groups in total.